The Bertz CT molecular complexity index is 1050. The Labute approximate surface area is 193 Å². The number of ketones is 1. The van der Waals surface area contributed by atoms with Gasteiger partial charge in [-0.25, -0.2) is 4.98 Å². The van der Waals surface area contributed by atoms with Gasteiger partial charge in [0.15, 0.2) is 10.9 Å². The first-order valence-electron chi connectivity index (χ1n) is 10.9. The third-order valence-corrected chi connectivity index (χ3v) is 8.40. The van der Waals surface area contributed by atoms with E-state index >= 15 is 0 Å². The van der Waals surface area contributed by atoms with Crippen LogP contribution in [0.2, 0.25) is 0 Å². The van der Waals surface area contributed by atoms with Crippen molar-refractivity contribution in [2.75, 3.05) is 31.5 Å². The van der Waals surface area contributed by atoms with E-state index < -0.39 is 5.92 Å². The van der Waals surface area contributed by atoms with Crippen LogP contribution in [-0.2, 0) is 16.0 Å². The van der Waals surface area contributed by atoms with Crippen LogP contribution in [0.5, 0.6) is 0 Å². The van der Waals surface area contributed by atoms with Gasteiger partial charge in [0.1, 0.15) is 0 Å². The Balaban J connectivity index is 1.19. The zero-order valence-electron chi connectivity index (χ0n) is 17.5. The number of nitrogens with one attached hydrogen (secondary N) is 1. The lowest BCUT2D eigenvalue weighted by Gasteiger charge is -2.36. The van der Waals surface area contributed by atoms with E-state index in [4.69, 9.17) is 0 Å². The summed E-state index contributed by atoms with van der Waals surface area (Å²) >= 11 is 2.63. The maximum Gasteiger partial charge on any atom is 0.264 e. The number of carbonyl (C=O) groups excluding carboxylic acids is 4. The summed E-state index contributed by atoms with van der Waals surface area (Å²) in [5.41, 5.74) is 0.611. The molecule has 1 aliphatic heterocycles. The van der Waals surface area contributed by atoms with Gasteiger partial charge < -0.3 is 15.1 Å². The van der Waals surface area contributed by atoms with Gasteiger partial charge in [-0.1, -0.05) is 23.8 Å². The maximum atomic E-state index is 13.1. The first kappa shape index (κ1) is 21.3. The van der Waals surface area contributed by atoms with E-state index in [1.54, 1.807) is 9.80 Å². The minimum Gasteiger partial charge on any atom is -0.339 e. The van der Waals surface area contributed by atoms with Gasteiger partial charge in [-0.2, -0.15) is 0 Å². The highest BCUT2D eigenvalue weighted by molar-refractivity contribution is 7.17. The zero-order valence-corrected chi connectivity index (χ0v) is 19.2. The summed E-state index contributed by atoms with van der Waals surface area (Å²) in [5.74, 6) is -0.558. The minimum atomic E-state index is -0.438. The standard InChI is InChI=1S/C22H24N4O4S2/c27-16-12-14(11-15-18(16)32-22(23-15)24-19(28)13-3-1-4-13)20(29)25-6-8-26(9-7-25)21(30)17-5-2-10-31-17/h2,5,10,13-14H,1,3-4,6-9,11-12H2,(H,23,24,28). The number of piperazine rings is 1. The number of thiophene rings is 1. The molecule has 2 aromatic heterocycles. The Morgan fingerprint density at radius 1 is 1.03 bits per heavy atom. The predicted molar refractivity (Wildman–Crippen MR) is 121 cm³/mol. The highest BCUT2D eigenvalue weighted by Gasteiger charge is 2.37. The van der Waals surface area contributed by atoms with Gasteiger partial charge in [0, 0.05) is 44.9 Å². The number of fused-ring (bicyclic) bond motifs is 1. The van der Waals surface area contributed by atoms with Crippen LogP contribution in [0.3, 0.4) is 0 Å². The maximum absolute atomic E-state index is 13.1. The lowest BCUT2D eigenvalue weighted by atomic mass is 9.85. The van der Waals surface area contributed by atoms with Crippen molar-refractivity contribution in [3.8, 4) is 0 Å². The molecule has 32 heavy (non-hydrogen) atoms. The molecule has 1 N–H and O–H groups in total. The van der Waals surface area contributed by atoms with Gasteiger partial charge in [-0.15, -0.1) is 11.3 Å². The van der Waals surface area contributed by atoms with E-state index in [9.17, 15) is 19.2 Å². The first-order chi connectivity index (χ1) is 15.5. The zero-order chi connectivity index (χ0) is 22.2. The SMILES string of the molecule is O=C1CC(C(=O)N2CCN(C(=O)c3cccs3)CC2)Cc2nc(NC(=O)C3CCC3)sc21. The topological polar surface area (TPSA) is 99.7 Å². The molecule has 2 aromatic rings. The number of anilines is 1. The molecule has 3 heterocycles. The second-order valence-corrected chi connectivity index (χ2v) is 10.5. The lowest BCUT2D eigenvalue weighted by molar-refractivity contribution is -0.137. The molecule has 168 valence electrons. The van der Waals surface area contributed by atoms with Gasteiger partial charge in [0.25, 0.3) is 5.91 Å². The minimum absolute atomic E-state index is 0.00327. The molecule has 0 radical (unpaired) electrons. The summed E-state index contributed by atoms with van der Waals surface area (Å²) in [6.07, 6.45) is 3.45. The van der Waals surface area contributed by atoms with Crippen molar-refractivity contribution >= 4 is 51.3 Å². The van der Waals surface area contributed by atoms with Crippen molar-refractivity contribution in [3.63, 3.8) is 0 Å². The van der Waals surface area contributed by atoms with Crippen LogP contribution >= 0.6 is 22.7 Å². The molecular formula is C22H24N4O4S2. The second-order valence-electron chi connectivity index (χ2n) is 8.54. The number of hydrogen-bond acceptors (Lipinski definition) is 7. The summed E-state index contributed by atoms with van der Waals surface area (Å²) in [6, 6.07) is 3.67. The van der Waals surface area contributed by atoms with Crippen LogP contribution < -0.4 is 5.32 Å². The van der Waals surface area contributed by atoms with Crippen LogP contribution in [0.15, 0.2) is 17.5 Å². The summed E-state index contributed by atoms with van der Waals surface area (Å²) in [6.45, 7) is 1.91. The van der Waals surface area contributed by atoms with E-state index in [-0.39, 0.29) is 35.8 Å². The molecule has 3 amide bonds. The molecule has 3 aliphatic rings. The third-order valence-electron chi connectivity index (χ3n) is 6.49. The van der Waals surface area contributed by atoms with E-state index in [0.717, 1.165) is 19.3 Å². The Kier molecular flexibility index (Phi) is 5.81. The molecule has 0 spiro atoms. The fraction of sp³-hybridized carbons (Fsp3) is 0.500. The average Bonchev–Trinajstić information content (AvgIpc) is 3.41. The normalized spacial score (nSPS) is 21.1. The summed E-state index contributed by atoms with van der Waals surface area (Å²) in [7, 11) is 0. The number of nitrogens with zero attached hydrogens (tertiary/aromatic N) is 3. The van der Waals surface area contributed by atoms with Gasteiger partial charge in [-0.05, 0) is 24.3 Å². The van der Waals surface area contributed by atoms with Crippen molar-refractivity contribution in [2.45, 2.75) is 32.1 Å². The molecule has 0 aromatic carbocycles. The molecule has 10 heteroatoms. The van der Waals surface area contributed by atoms with E-state index in [0.29, 0.717) is 53.2 Å². The smallest absolute Gasteiger partial charge is 0.264 e. The number of thiazole rings is 1. The fourth-order valence-electron chi connectivity index (χ4n) is 4.38. The van der Waals surface area contributed by atoms with Crippen molar-refractivity contribution in [1.82, 2.24) is 14.8 Å². The van der Waals surface area contributed by atoms with Crippen LogP contribution in [-0.4, -0.2) is 64.5 Å². The van der Waals surface area contributed by atoms with Crippen molar-refractivity contribution in [3.05, 3.63) is 33.0 Å². The molecule has 2 fully saturated rings. The van der Waals surface area contributed by atoms with Crippen molar-refractivity contribution in [1.29, 1.82) is 0 Å². The van der Waals surface area contributed by atoms with Crippen LogP contribution in [0.25, 0.3) is 0 Å². The van der Waals surface area contributed by atoms with Crippen molar-refractivity contribution in [2.24, 2.45) is 11.8 Å². The van der Waals surface area contributed by atoms with Gasteiger partial charge in [-0.3, -0.25) is 19.2 Å². The average molecular weight is 473 g/mol. The number of hydrogen-bond donors (Lipinski definition) is 1. The van der Waals surface area contributed by atoms with Gasteiger partial charge >= 0.3 is 0 Å². The number of rotatable bonds is 4. The summed E-state index contributed by atoms with van der Waals surface area (Å²) in [4.78, 5) is 59.8. The highest BCUT2D eigenvalue weighted by atomic mass is 32.1. The fourth-order valence-corrected chi connectivity index (χ4v) is 6.02. The molecule has 1 saturated carbocycles. The molecule has 8 nitrogen and oxygen atoms in total. The van der Waals surface area contributed by atoms with Crippen LogP contribution in [0.4, 0.5) is 5.13 Å². The van der Waals surface area contributed by atoms with Gasteiger partial charge in [0.2, 0.25) is 11.8 Å². The molecule has 5 rings (SSSR count). The number of carbonyl (C=O) groups is 4. The van der Waals surface area contributed by atoms with Crippen molar-refractivity contribution < 1.29 is 19.2 Å². The Morgan fingerprint density at radius 2 is 1.78 bits per heavy atom. The third kappa shape index (κ3) is 4.09. The first-order valence-corrected chi connectivity index (χ1v) is 12.6. The largest absolute Gasteiger partial charge is 0.339 e. The van der Waals surface area contributed by atoms with Crippen LogP contribution in [0.1, 0.15) is 50.7 Å². The highest BCUT2D eigenvalue weighted by Crippen LogP contribution is 2.34. The monoisotopic (exact) mass is 472 g/mol. The van der Waals surface area contributed by atoms with E-state index in [1.165, 1.54) is 22.7 Å². The molecule has 1 atom stereocenters. The molecule has 2 aliphatic carbocycles. The Morgan fingerprint density at radius 3 is 2.44 bits per heavy atom. The lowest BCUT2D eigenvalue weighted by Crippen LogP contribution is -2.52. The van der Waals surface area contributed by atoms with E-state index in [1.807, 2.05) is 17.5 Å². The molecular weight excluding hydrogens is 448 g/mol. The molecule has 1 unspecified atom stereocenters. The second kappa shape index (κ2) is 8.74. The van der Waals surface area contributed by atoms with Crippen LogP contribution in [0, 0.1) is 11.8 Å². The number of aromatic nitrogens is 1. The predicted octanol–water partition coefficient (Wildman–Crippen LogP) is 2.67. The molecule has 1 saturated heterocycles. The molecule has 0 bridgehead atoms. The number of amides is 3. The quantitative estimate of drug-likeness (QED) is 0.738. The number of Topliss-reactive ketones (excluding diaryl/α,β-unsaturated/α-hetero) is 1. The summed E-state index contributed by atoms with van der Waals surface area (Å²) < 4.78 is 0. The summed E-state index contributed by atoms with van der Waals surface area (Å²) in [5, 5.41) is 5.17. The van der Waals surface area contributed by atoms with Gasteiger partial charge in [0.05, 0.1) is 21.4 Å². The van der Waals surface area contributed by atoms with E-state index in [2.05, 4.69) is 10.3 Å². The Hall–Kier alpha value is -2.59.